The van der Waals surface area contributed by atoms with E-state index < -0.39 is 0 Å². The van der Waals surface area contributed by atoms with Crippen molar-refractivity contribution >= 4 is 17.2 Å². The van der Waals surface area contributed by atoms with E-state index in [0.717, 1.165) is 47.4 Å². The highest BCUT2D eigenvalue weighted by Gasteiger charge is 2.26. The lowest BCUT2D eigenvalue weighted by Gasteiger charge is -2.32. The molecule has 0 unspecified atom stereocenters. The maximum absolute atomic E-state index is 5.83. The molecule has 1 aliphatic rings. The van der Waals surface area contributed by atoms with Gasteiger partial charge in [-0.25, -0.2) is 19.5 Å². The van der Waals surface area contributed by atoms with Crippen molar-refractivity contribution in [2.45, 2.75) is 38.3 Å². The molecular formula is C18H20N8. The van der Waals surface area contributed by atoms with Crippen molar-refractivity contribution in [1.82, 2.24) is 29.0 Å². The number of nitrogens with two attached hydrogens (primary N) is 1. The molecule has 0 bridgehead atoms. The van der Waals surface area contributed by atoms with Crippen LogP contribution in [0.4, 0.5) is 5.95 Å². The Balaban J connectivity index is 1.51. The first-order valence-electron chi connectivity index (χ1n) is 8.90. The summed E-state index contributed by atoms with van der Waals surface area (Å²) in [4.78, 5) is 13.3. The standard InChI is InChI=1S/C18H20N8/c1-2-14-8-22-18-21-7-11(10-25(14)18)15-3-4-26-16(15)9-20-17(24-26)23-13-5-12(19)6-13/h3-4,7-10,12-13H,2,5-6,19H2,1H3,(H,23,24)/t12-,13+. The van der Waals surface area contributed by atoms with Gasteiger partial charge < -0.3 is 11.1 Å². The topological polar surface area (TPSA) is 98.4 Å². The summed E-state index contributed by atoms with van der Waals surface area (Å²) in [5, 5.41) is 7.91. The predicted octanol–water partition coefficient (Wildman–Crippen LogP) is 1.90. The Morgan fingerprint density at radius 3 is 2.85 bits per heavy atom. The van der Waals surface area contributed by atoms with Crippen LogP contribution in [0.2, 0.25) is 0 Å². The van der Waals surface area contributed by atoms with Gasteiger partial charge in [-0.1, -0.05) is 6.92 Å². The number of hydrogen-bond donors (Lipinski definition) is 2. The molecule has 0 atom stereocenters. The van der Waals surface area contributed by atoms with Crippen LogP contribution < -0.4 is 11.1 Å². The third kappa shape index (κ3) is 2.41. The van der Waals surface area contributed by atoms with Gasteiger partial charge >= 0.3 is 0 Å². The Hall–Kier alpha value is -3.00. The highest BCUT2D eigenvalue weighted by molar-refractivity contribution is 5.79. The molecule has 26 heavy (non-hydrogen) atoms. The van der Waals surface area contributed by atoms with E-state index in [1.165, 1.54) is 0 Å². The second kappa shape index (κ2) is 5.77. The summed E-state index contributed by atoms with van der Waals surface area (Å²) >= 11 is 0. The molecule has 1 saturated carbocycles. The smallest absolute Gasteiger partial charge is 0.241 e. The molecule has 0 amide bonds. The Morgan fingerprint density at radius 2 is 2.04 bits per heavy atom. The molecule has 4 heterocycles. The molecule has 8 nitrogen and oxygen atoms in total. The molecule has 132 valence electrons. The van der Waals surface area contributed by atoms with Gasteiger partial charge in [0.15, 0.2) is 0 Å². The summed E-state index contributed by atoms with van der Waals surface area (Å²) in [5.41, 5.74) is 9.98. The summed E-state index contributed by atoms with van der Waals surface area (Å²) in [5.74, 6) is 1.35. The van der Waals surface area contributed by atoms with Crippen LogP contribution in [-0.4, -0.2) is 41.1 Å². The van der Waals surface area contributed by atoms with Gasteiger partial charge in [0.25, 0.3) is 0 Å². The van der Waals surface area contributed by atoms with Crippen LogP contribution in [0.3, 0.4) is 0 Å². The zero-order valence-corrected chi connectivity index (χ0v) is 14.5. The summed E-state index contributed by atoms with van der Waals surface area (Å²) in [6.45, 7) is 2.11. The minimum absolute atomic E-state index is 0.299. The van der Waals surface area contributed by atoms with Gasteiger partial charge in [-0.3, -0.25) is 4.40 Å². The van der Waals surface area contributed by atoms with Crippen molar-refractivity contribution in [3.05, 3.63) is 42.7 Å². The molecule has 0 spiro atoms. The average Bonchev–Trinajstić information content (AvgIpc) is 3.23. The van der Waals surface area contributed by atoms with E-state index in [0.29, 0.717) is 18.0 Å². The van der Waals surface area contributed by atoms with E-state index in [4.69, 9.17) is 5.73 Å². The van der Waals surface area contributed by atoms with Crippen molar-refractivity contribution in [3.8, 4) is 11.1 Å². The first-order chi connectivity index (χ1) is 12.7. The normalized spacial score (nSPS) is 19.8. The molecule has 0 radical (unpaired) electrons. The Bertz CT molecular complexity index is 1090. The van der Waals surface area contributed by atoms with Crippen LogP contribution in [0.15, 0.2) is 37.1 Å². The first kappa shape index (κ1) is 15.3. The van der Waals surface area contributed by atoms with Crippen molar-refractivity contribution in [3.63, 3.8) is 0 Å². The second-order valence-corrected chi connectivity index (χ2v) is 6.83. The molecule has 3 N–H and O–H groups in total. The van der Waals surface area contributed by atoms with E-state index in [-0.39, 0.29) is 0 Å². The average molecular weight is 348 g/mol. The van der Waals surface area contributed by atoms with Crippen LogP contribution in [0.5, 0.6) is 0 Å². The number of fused-ring (bicyclic) bond motifs is 2. The Labute approximate surface area is 150 Å². The lowest BCUT2D eigenvalue weighted by Crippen LogP contribution is -2.44. The number of aryl methyl sites for hydroxylation is 1. The number of imidazole rings is 1. The van der Waals surface area contributed by atoms with Crippen LogP contribution in [0.25, 0.3) is 22.4 Å². The molecule has 0 aromatic carbocycles. The number of nitrogens with zero attached hydrogens (tertiary/aromatic N) is 6. The van der Waals surface area contributed by atoms with Crippen molar-refractivity contribution < 1.29 is 0 Å². The Kier molecular flexibility index (Phi) is 3.39. The summed E-state index contributed by atoms with van der Waals surface area (Å²) in [6.07, 6.45) is 12.4. The fourth-order valence-electron chi connectivity index (χ4n) is 3.49. The van der Waals surface area contributed by atoms with E-state index in [1.807, 2.05) is 39.8 Å². The lowest BCUT2D eigenvalue weighted by atomic mass is 9.88. The summed E-state index contributed by atoms with van der Waals surface area (Å²) in [6, 6.07) is 2.71. The molecule has 4 aromatic rings. The van der Waals surface area contributed by atoms with E-state index >= 15 is 0 Å². The zero-order chi connectivity index (χ0) is 17.7. The van der Waals surface area contributed by atoms with Gasteiger partial charge in [-0.05, 0) is 25.3 Å². The predicted molar refractivity (Wildman–Crippen MR) is 99.0 cm³/mol. The molecular weight excluding hydrogens is 328 g/mol. The zero-order valence-electron chi connectivity index (χ0n) is 14.5. The van der Waals surface area contributed by atoms with Crippen LogP contribution in [-0.2, 0) is 6.42 Å². The van der Waals surface area contributed by atoms with Gasteiger partial charge in [-0.15, -0.1) is 5.10 Å². The van der Waals surface area contributed by atoms with Gasteiger partial charge in [-0.2, -0.15) is 0 Å². The minimum Gasteiger partial charge on any atom is -0.350 e. The molecule has 1 fully saturated rings. The second-order valence-electron chi connectivity index (χ2n) is 6.83. The number of nitrogens with one attached hydrogen (secondary N) is 1. The van der Waals surface area contributed by atoms with Crippen molar-refractivity contribution in [2.24, 2.45) is 5.73 Å². The fraction of sp³-hybridized carbons (Fsp3) is 0.333. The van der Waals surface area contributed by atoms with Gasteiger partial charge in [0, 0.05) is 47.5 Å². The fourth-order valence-corrected chi connectivity index (χ4v) is 3.49. The molecule has 0 saturated heterocycles. The molecule has 8 heteroatoms. The summed E-state index contributed by atoms with van der Waals surface area (Å²) in [7, 11) is 0. The number of rotatable bonds is 4. The van der Waals surface area contributed by atoms with E-state index in [1.54, 1.807) is 0 Å². The SMILES string of the molecule is CCc1cnc2ncc(-c3ccn4nc(N[C@H]5C[C@@H](N)C5)ncc34)cn12. The first-order valence-corrected chi connectivity index (χ1v) is 8.90. The maximum Gasteiger partial charge on any atom is 0.241 e. The maximum atomic E-state index is 5.83. The number of hydrogen-bond acceptors (Lipinski definition) is 6. The van der Waals surface area contributed by atoms with E-state index in [9.17, 15) is 0 Å². The quantitative estimate of drug-likeness (QED) is 0.584. The lowest BCUT2D eigenvalue weighted by molar-refractivity contribution is 0.371. The number of aromatic nitrogens is 6. The summed E-state index contributed by atoms with van der Waals surface area (Å²) < 4.78 is 3.89. The Morgan fingerprint density at radius 1 is 1.19 bits per heavy atom. The van der Waals surface area contributed by atoms with Gasteiger partial charge in [0.2, 0.25) is 11.7 Å². The van der Waals surface area contributed by atoms with Crippen molar-refractivity contribution in [2.75, 3.05) is 5.32 Å². The van der Waals surface area contributed by atoms with Crippen LogP contribution >= 0.6 is 0 Å². The molecule has 4 aromatic heterocycles. The molecule has 1 aliphatic carbocycles. The van der Waals surface area contributed by atoms with Crippen molar-refractivity contribution in [1.29, 1.82) is 0 Å². The highest BCUT2D eigenvalue weighted by Crippen LogP contribution is 2.26. The third-order valence-electron chi connectivity index (χ3n) is 5.04. The van der Waals surface area contributed by atoms with Crippen LogP contribution in [0, 0.1) is 0 Å². The monoisotopic (exact) mass is 348 g/mol. The van der Waals surface area contributed by atoms with Gasteiger partial charge in [0.1, 0.15) is 0 Å². The van der Waals surface area contributed by atoms with E-state index in [2.05, 4.69) is 38.5 Å². The third-order valence-corrected chi connectivity index (χ3v) is 5.04. The minimum atomic E-state index is 0.299. The van der Waals surface area contributed by atoms with Crippen LogP contribution in [0.1, 0.15) is 25.5 Å². The highest BCUT2D eigenvalue weighted by atomic mass is 15.3. The molecule has 5 rings (SSSR count). The molecule has 0 aliphatic heterocycles. The largest absolute Gasteiger partial charge is 0.350 e. The van der Waals surface area contributed by atoms with Gasteiger partial charge in [0.05, 0.1) is 17.9 Å². The number of anilines is 1.